The molecule has 0 bridgehead atoms. The van der Waals surface area contributed by atoms with E-state index in [0.717, 1.165) is 5.56 Å². The molecule has 118 valence electrons. The van der Waals surface area contributed by atoms with Gasteiger partial charge >= 0.3 is 0 Å². The number of benzene rings is 1. The highest BCUT2D eigenvalue weighted by atomic mass is 16.3. The second kappa shape index (κ2) is 6.18. The quantitative estimate of drug-likeness (QED) is 0.920. The number of phenols is 1. The van der Waals surface area contributed by atoms with Crippen molar-refractivity contribution in [1.29, 1.82) is 0 Å². The second-order valence-corrected chi connectivity index (χ2v) is 7.78. The molecule has 1 atom stereocenters. The van der Waals surface area contributed by atoms with E-state index in [4.69, 9.17) is 0 Å². The molecule has 0 heterocycles. The average Bonchev–Trinajstić information content (AvgIpc) is 2.34. The van der Waals surface area contributed by atoms with Gasteiger partial charge in [-0.05, 0) is 51.9 Å². The molecule has 0 aliphatic heterocycles. The third kappa shape index (κ3) is 4.85. The Hall–Kier alpha value is -1.35. The molecule has 1 aromatic rings. The molecule has 0 fully saturated rings. The van der Waals surface area contributed by atoms with E-state index in [1.165, 1.54) is 0 Å². The van der Waals surface area contributed by atoms with Crippen LogP contribution >= 0.6 is 0 Å². The first-order chi connectivity index (χ1) is 9.43. The summed E-state index contributed by atoms with van der Waals surface area (Å²) in [6.45, 7) is 12.3. The molecule has 0 aliphatic rings. The summed E-state index contributed by atoms with van der Waals surface area (Å²) >= 11 is 0. The molecule has 1 rings (SSSR count). The van der Waals surface area contributed by atoms with E-state index >= 15 is 0 Å². The number of rotatable bonds is 4. The SMILES string of the molecule is CN(C(Cc1ccc(O)cc1)C(=O)C(C)(C)C)C(C)(C)C. The highest BCUT2D eigenvalue weighted by molar-refractivity contribution is 5.89. The number of carbonyl (C=O) groups excluding carboxylic acids is 1. The molecule has 0 spiro atoms. The van der Waals surface area contributed by atoms with E-state index < -0.39 is 0 Å². The van der Waals surface area contributed by atoms with Crippen LogP contribution in [0.1, 0.15) is 47.1 Å². The van der Waals surface area contributed by atoms with E-state index in [0.29, 0.717) is 6.42 Å². The van der Waals surface area contributed by atoms with Gasteiger partial charge in [0.15, 0.2) is 5.78 Å². The predicted octanol–water partition coefficient (Wildman–Crippen LogP) is 3.65. The Kier molecular flexibility index (Phi) is 5.21. The smallest absolute Gasteiger partial charge is 0.155 e. The number of aromatic hydroxyl groups is 1. The molecule has 0 saturated carbocycles. The first-order valence-electron chi connectivity index (χ1n) is 7.48. The molecule has 3 nitrogen and oxygen atoms in total. The number of carbonyl (C=O) groups is 1. The maximum atomic E-state index is 12.8. The fourth-order valence-electron chi connectivity index (χ4n) is 2.23. The molecule has 3 heteroatoms. The molecule has 1 aromatic carbocycles. The monoisotopic (exact) mass is 291 g/mol. The van der Waals surface area contributed by atoms with Crippen LogP contribution in [0.25, 0.3) is 0 Å². The minimum Gasteiger partial charge on any atom is -0.508 e. The average molecular weight is 291 g/mol. The molecule has 0 aliphatic carbocycles. The molecule has 1 N–H and O–H groups in total. The number of nitrogens with zero attached hydrogens (tertiary/aromatic N) is 1. The van der Waals surface area contributed by atoms with Crippen LogP contribution in [0.2, 0.25) is 0 Å². The van der Waals surface area contributed by atoms with E-state index in [2.05, 4.69) is 25.7 Å². The van der Waals surface area contributed by atoms with Crippen molar-refractivity contribution < 1.29 is 9.90 Å². The Labute approximate surface area is 129 Å². The second-order valence-electron chi connectivity index (χ2n) is 7.78. The molecule has 0 aromatic heterocycles. The highest BCUT2D eigenvalue weighted by Gasteiger charge is 2.36. The standard InChI is InChI=1S/C18H29NO2/c1-17(2,3)16(21)15(19(7)18(4,5)6)12-13-8-10-14(20)11-9-13/h8-11,15,20H,12H2,1-7H3. The summed E-state index contributed by atoms with van der Waals surface area (Å²) in [5.41, 5.74) is 0.607. The highest BCUT2D eigenvalue weighted by Crippen LogP contribution is 2.26. The van der Waals surface area contributed by atoms with Crippen LogP contribution in [0, 0.1) is 5.41 Å². The van der Waals surface area contributed by atoms with Crippen LogP contribution in [0.4, 0.5) is 0 Å². The first-order valence-corrected chi connectivity index (χ1v) is 7.48. The minimum atomic E-state index is -0.374. The van der Waals surface area contributed by atoms with Crippen molar-refractivity contribution in [3.63, 3.8) is 0 Å². The normalized spacial score (nSPS) is 14.3. The number of hydrogen-bond donors (Lipinski definition) is 1. The summed E-state index contributed by atoms with van der Waals surface area (Å²) in [6.07, 6.45) is 0.657. The maximum Gasteiger partial charge on any atom is 0.155 e. The summed E-state index contributed by atoms with van der Waals surface area (Å²) in [5, 5.41) is 9.39. The third-order valence-corrected chi connectivity index (χ3v) is 3.93. The number of Topliss-reactive ketones (excluding diaryl/α,β-unsaturated/α-hetero) is 1. The van der Waals surface area contributed by atoms with E-state index in [9.17, 15) is 9.90 Å². The van der Waals surface area contributed by atoms with Crippen molar-refractivity contribution in [2.45, 2.75) is 59.5 Å². The van der Waals surface area contributed by atoms with Crippen LogP contribution in [0.3, 0.4) is 0 Å². The molecule has 0 radical (unpaired) electrons. The van der Waals surface area contributed by atoms with Gasteiger partial charge in [0.2, 0.25) is 0 Å². The summed E-state index contributed by atoms with van der Waals surface area (Å²) in [4.78, 5) is 15.0. The number of likely N-dealkylation sites (N-methyl/N-ethyl adjacent to an activating group) is 1. The van der Waals surface area contributed by atoms with Gasteiger partial charge in [-0.15, -0.1) is 0 Å². The largest absolute Gasteiger partial charge is 0.508 e. The van der Waals surface area contributed by atoms with E-state index in [-0.39, 0.29) is 28.5 Å². The molecule has 0 saturated heterocycles. The Morgan fingerprint density at radius 1 is 1.10 bits per heavy atom. The van der Waals surface area contributed by atoms with E-state index in [1.807, 2.05) is 40.0 Å². The molecule has 1 unspecified atom stereocenters. The van der Waals surface area contributed by atoms with Crippen molar-refractivity contribution in [1.82, 2.24) is 4.90 Å². The minimum absolute atomic E-state index is 0.0809. The maximum absolute atomic E-state index is 12.8. The van der Waals surface area contributed by atoms with Crippen molar-refractivity contribution in [3.05, 3.63) is 29.8 Å². The van der Waals surface area contributed by atoms with Crippen LogP contribution in [-0.2, 0) is 11.2 Å². The Morgan fingerprint density at radius 2 is 1.57 bits per heavy atom. The summed E-state index contributed by atoms with van der Waals surface area (Å²) in [6, 6.07) is 6.94. The van der Waals surface area contributed by atoms with Gasteiger partial charge in [0.25, 0.3) is 0 Å². The van der Waals surface area contributed by atoms with Crippen molar-refractivity contribution in [2.24, 2.45) is 5.41 Å². The van der Waals surface area contributed by atoms with Gasteiger partial charge in [0.1, 0.15) is 5.75 Å². The Balaban J connectivity index is 3.08. The zero-order valence-corrected chi connectivity index (χ0v) is 14.4. The molecule has 21 heavy (non-hydrogen) atoms. The molecule has 0 amide bonds. The van der Waals surface area contributed by atoms with E-state index in [1.54, 1.807) is 12.1 Å². The summed E-state index contributed by atoms with van der Waals surface area (Å²) in [7, 11) is 2.01. The fraction of sp³-hybridized carbons (Fsp3) is 0.611. The zero-order valence-electron chi connectivity index (χ0n) is 14.4. The van der Waals surface area contributed by atoms with Crippen LogP contribution in [0.5, 0.6) is 5.75 Å². The lowest BCUT2D eigenvalue weighted by atomic mass is 9.82. The molecular formula is C18H29NO2. The summed E-state index contributed by atoms with van der Waals surface area (Å²) in [5.74, 6) is 0.495. The van der Waals surface area contributed by atoms with Crippen molar-refractivity contribution in [3.8, 4) is 5.75 Å². The van der Waals surface area contributed by atoms with Gasteiger partial charge in [-0.2, -0.15) is 0 Å². The Morgan fingerprint density at radius 3 is 1.95 bits per heavy atom. The van der Waals surface area contributed by atoms with Crippen LogP contribution in [0.15, 0.2) is 24.3 Å². The van der Waals surface area contributed by atoms with Crippen molar-refractivity contribution >= 4 is 5.78 Å². The zero-order chi connectivity index (χ0) is 16.4. The van der Waals surface area contributed by atoms with Crippen LogP contribution in [-0.4, -0.2) is 34.4 Å². The predicted molar refractivity (Wildman–Crippen MR) is 87.6 cm³/mol. The lowest BCUT2D eigenvalue weighted by Gasteiger charge is -2.40. The number of ketones is 1. The molecular weight excluding hydrogens is 262 g/mol. The Bertz CT molecular complexity index is 477. The lowest BCUT2D eigenvalue weighted by Crippen LogP contribution is -2.52. The topological polar surface area (TPSA) is 40.5 Å². The van der Waals surface area contributed by atoms with Gasteiger partial charge in [0.05, 0.1) is 6.04 Å². The van der Waals surface area contributed by atoms with Crippen molar-refractivity contribution in [2.75, 3.05) is 7.05 Å². The summed E-state index contributed by atoms with van der Waals surface area (Å²) < 4.78 is 0. The number of phenolic OH excluding ortho intramolecular Hbond substituents is 1. The lowest BCUT2D eigenvalue weighted by molar-refractivity contribution is -0.133. The van der Waals surface area contributed by atoms with Crippen LogP contribution < -0.4 is 0 Å². The van der Waals surface area contributed by atoms with Gasteiger partial charge < -0.3 is 5.11 Å². The van der Waals surface area contributed by atoms with Gasteiger partial charge in [-0.1, -0.05) is 32.9 Å². The first kappa shape index (κ1) is 17.7. The van der Waals surface area contributed by atoms with Gasteiger partial charge in [0, 0.05) is 11.0 Å². The number of hydrogen-bond acceptors (Lipinski definition) is 3. The fourth-order valence-corrected chi connectivity index (χ4v) is 2.23. The third-order valence-electron chi connectivity index (χ3n) is 3.93. The van der Waals surface area contributed by atoms with Gasteiger partial charge in [-0.3, -0.25) is 9.69 Å². The van der Waals surface area contributed by atoms with Gasteiger partial charge in [-0.25, -0.2) is 0 Å².